The van der Waals surface area contributed by atoms with E-state index in [1.165, 1.54) is 24.0 Å². The van der Waals surface area contributed by atoms with Gasteiger partial charge >= 0.3 is 5.97 Å². The molecule has 176 valence electrons. The van der Waals surface area contributed by atoms with E-state index in [4.69, 9.17) is 21.1 Å². The van der Waals surface area contributed by atoms with Crippen LogP contribution in [0.4, 0.5) is 11.4 Å². The van der Waals surface area contributed by atoms with Crippen molar-refractivity contribution < 1.29 is 24.2 Å². The van der Waals surface area contributed by atoms with Crippen LogP contribution in [0, 0.1) is 0 Å². The second kappa shape index (κ2) is 10.8. The van der Waals surface area contributed by atoms with Crippen molar-refractivity contribution in [3.63, 3.8) is 0 Å². The molecule has 0 bridgehead atoms. The van der Waals surface area contributed by atoms with Gasteiger partial charge in [0, 0.05) is 23.7 Å². The van der Waals surface area contributed by atoms with Crippen LogP contribution in [-0.4, -0.2) is 17.0 Å². The Labute approximate surface area is 207 Å². The van der Waals surface area contributed by atoms with Crippen molar-refractivity contribution in [2.75, 3.05) is 4.90 Å². The lowest BCUT2D eigenvalue weighted by atomic mass is 10.1. The number of ether oxygens (including phenoxy) is 2. The maximum absolute atomic E-state index is 12.4. The third-order valence-corrected chi connectivity index (χ3v) is 5.36. The first-order valence-electron chi connectivity index (χ1n) is 10.8. The monoisotopic (exact) mass is 487 g/mol. The van der Waals surface area contributed by atoms with Crippen LogP contribution in [0.3, 0.4) is 0 Å². The van der Waals surface area contributed by atoms with Crippen LogP contribution in [-0.2, 0) is 11.4 Å². The summed E-state index contributed by atoms with van der Waals surface area (Å²) >= 11 is 5.96. The smallest absolute Gasteiger partial charge is 0.337 e. The first kappa shape index (κ1) is 23.9. The number of benzene rings is 4. The lowest BCUT2D eigenvalue weighted by Gasteiger charge is -2.23. The van der Waals surface area contributed by atoms with Gasteiger partial charge in [-0.3, -0.25) is 9.69 Å². The predicted molar refractivity (Wildman–Crippen MR) is 135 cm³/mol. The van der Waals surface area contributed by atoms with Gasteiger partial charge in [0.2, 0.25) is 5.91 Å². The molecule has 0 saturated carbocycles. The second-order valence-electron chi connectivity index (χ2n) is 7.67. The average Bonchev–Trinajstić information content (AvgIpc) is 2.85. The van der Waals surface area contributed by atoms with Crippen LogP contribution in [0.5, 0.6) is 17.2 Å². The van der Waals surface area contributed by atoms with Gasteiger partial charge in [-0.2, -0.15) is 0 Å². The van der Waals surface area contributed by atoms with Crippen molar-refractivity contribution in [2.24, 2.45) is 0 Å². The quantitative estimate of drug-likeness (QED) is 0.287. The number of anilines is 2. The largest absolute Gasteiger partial charge is 0.489 e. The Morgan fingerprint density at radius 2 is 1.54 bits per heavy atom. The lowest BCUT2D eigenvalue weighted by Crippen LogP contribution is -2.24. The van der Waals surface area contributed by atoms with Crippen LogP contribution in [0.1, 0.15) is 22.8 Å². The number of carboxylic acids is 1. The predicted octanol–water partition coefficient (Wildman–Crippen LogP) is 7.09. The van der Waals surface area contributed by atoms with E-state index in [1.807, 2.05) is 48.5 Å². The fourth-order valence-electron chi connectivity index (χ4n) is 3.53. The van der Waals surface area contributed by atoms with Crippen molar-refractivity contribution >= 4 is 34.9 Å². The molecule has 7 heteroatoms. The number of carbonyl (C=O) groups excluding carboxylic acids is 1. The van der Waals surface area contributed by atoms with E-state index < -0.39 is 5.97 Å². The minimum atomic E-state index is -1.18. The molecular weight excluding hydrogens is 466 g/mol. The van der Waals surface area contributed by atoms with Crippen molar-refractivity contribution in [1.29, 1.82) is 0 Å². The van der Waals surface area contributed by atoms with E-state index in [-0.39, 0.29) is 22.2 Å². The first-order chi connectivity index (χ1) is 16.9. The topological polar surface area (TPSA) is 76.1 Å². The molecular formula is C28H22ClNO5. The van der Waals surface area contributed by atoms with Crippen molar-refractivity contribution in [2.45, 2.75) is 13.5 Å². The van der Waals surface area contributed by atoms with Gasteiger partial charge in [0.05, 0.1) is 11.3 Å². The van der Waals surface area contributed by atoms with E-state index in [9.17, 15) is 14.7 Å². The highest BCUT2D eigenvalue weighted by molar-refractivity contribution is 6.31. The molecule has 0 aliphatic carbocycles. The highest BCUT2D eigenvalue weighted by Gasteiger charge is 2.21. The van der Waals surface area contributed by atoms with Crippen LogP contribution in [0.25, 0.3) is 0 Å². The molecule has 6 nitrogen and oxygen atoms in total. The van der Waals surface area contributed by atoms with Crippen LogP contribution in [0.15, 0.2) is 97.1 Å². The summed E-state index contributed by atoms with van der Waals surface area (Å²) in [6.45, 7) is 1.81. The third kappa shape index (κ3) is 5.99. The van der Waals surface area contributed by atoms with Gasteiger partial charge in [-0.1, -0.05) is 48.0 Å². The summed E-state index contributed by atoms with van der Waals surface area (Å²) in [5.74, 6) is 0.300. The molecule has 0 radical (unpaired) electrons. The zero-order valence-corrected chi connectivity index (χ0v) is 19.6. The molecule has 35 heavy (non-hydrogen) atoms. The Balaban J connectivity index is 1.51. The highest BCUT2D eigenvalue weighted by atomic mass is 35.5. The van der Waals surface area contributed by atoms with Crippen molar-refractivity contribution in [3.8, 4) is 17.2 Å². The molecule has 1 N–H and O–H groups in total. The van der Waals surface area contributed by atoms with Crippen molar-refractivity contribution in [3.05, 3.63) is 113 Å². The second-order valence-corrected chi connectivity index (χ2v) is 8.10. The Morgan fingerprint density at radius 3 is 2.23 bits per heavy atom. The minimum Gasteiger partial charge on any atom is -0.489 e. The number of rotatable bonds is 8. The van der Waals surface area contributed by atoms with Gasteiger partial charge in [0.25, 0.3) is 0 Å². The molecule has 0 heterocycles. The summed E-state index contributed by atoms with van der Waals surface area (Å²) in [7, 11) is 0. The van der Waals surface area contributed by atoms with E-state index in [2.05, 4.69) is 0 Å². The maximum atomic E-state index is 12.4. The standard InChI is InChI=1S/C28H22ClNO5/c1-19(31)30(27-15-10-21(29)16-26(27)28(32)33)22-11-13-23(14-12-22)35-25-9-5-8-24(17-25)34-18-20-6-3-2-4-7-20/h2-17H,18H2,1H3,(H,32,33). The summed E-state index contributed by atoms with van der Waals surface area (Å²) in [6, 6.07) is 28.4. The zero-order valence-electron chi connectivity index (χ0n) is 18.9. The summed E-state index contributed by atoms with van der Waals surface area (Å²) in [4.78, 5) is 25.5. The molecule has 0 unspecified atom stereocenters. The van der Waals surface area contributed by atoms with Crippen LogP contribution >= 0.6 is 11.6 Å². The van der Waals surface area contributed by atoms with E-state index >= 15 is 0 Å². The van der Waals surface area contributed by atoms with Gasteiger partial charge in [0.15, 0.2) is 0 Å². The Morgan fingerprint density at radius 1 is 0.829 bits per heavy atom. The Hall–Kier alpha value is -4.29. The average molecular weight is 488 g/mol. The van der Waals surface area contributed by atoms with E-state index in [0.717, 1.165) is 5.56 Å². The number of hydrogen-bond donors (Lipinski definition) is 1. The van der Waals surface area contributed by atoms with Gasteiger partial charge in [-0.05, 0) is 60.2 Å². The number of hydrogen-bond acceptors (Lipinski definition) is 4. The molecule has 0 aliphatic rings. The zero-order chi connectivity index (χ0) is 24.8. The molecule has 4 aromatic rings. The fourth-order valence-corrected chi connectivity index (χ4v) is 3.70. The summed E-state index contributed by atoms with van der Waals surface area (Å²) in [5.41, 5.74) is 1.72. The Bertz CT molecular complexity index is 1340. The lowest BCUT2D eigenvalue weighted by molar-refractivity contribution is -0.115. The number of carbonyl (C=O) groups is 2. The number of carboxylic acid groups (broad SMARTS) is 1. The normalized spacial score (nSPS) is 10.5. The van der Waals surface area contributed by atoms with Gasteiger partial charge in [-0.15, -0.1) is 0 Å². The SMILES string of the molecule is CC(=O)N(c1ccc(Oc2cccc(OCc3ccccc3)c2)cc1)c1ccc(Cl)cc1C(=O)O. The number of amides is 1. The van der Waals surface area contributed by atoms with E-state index in [1.54, 1.807) is 36.4 Å². The molecule has 0 aliphatic heterocycles. The molecule has 0 spiro atoms. The fraction of sp³-hybridized carbons (Fsp3) is 0.0714. The first-order valence-corrected chi connectivity index (χ1v) is 11.2. The van der Waals surface area contributed by atoms with E-state index in [0.29, 0.717) is 29.5 Å². The number of nitrogens with zero attached hydrogens (tertiary/aromatic N) is 1. The molecule has 0 atom stereocenters. The highest BCUT2D eigenvalue weighted by Crippen LogP contribution is 2.33. The minimum absolute atomic E-state index is 0.0691. The Kier molecular flexibility index (Phi) is 7.33. The van der Waals surface area contributed by atoms with Crippen LogP contribution in [0.2, 0.25) is 5.02 Å². The summed E-state index contributed by atoms with van der Waals surface area (Å²) in [6.07, 6.45) is 0. The molecule has 1 amide bonds. The van der Waals surface area contributed by atoms with Gasteiger partial charge in [0.1, 0.15) is 23.9 Å². The molecule has 0 aromatic heterocycles. The number of halogens is 1. The van der Waals surface area contributed by atoms with Crippen LogP contribution < -0.4 is 14.4 Å². The molecule has 4 aromatic carbocycles. The summed E-state index contributed by atoms with van der Waals surface area (Å²) < 4.78 is 11.8. The summed E-state index contributed by atoms with van der Waals surface area (Å²) in [5, 5.41) is 9.85. The van der Waals surface area contributed by atoms with Crippen molar-refractivity contribution in [1.82, 2.24) is 0 Å². The molecule has 0 saturated heterocycles. The number of aromatic carboxylic acids is 1. The maximum Gasteiger partial charge on any atom is 0.337 e. The van der Waals surface area contributed by atoms with Gasteiger partial charge < -0.3 is 14.6 Å². The van der Waals surface area contributed by atoms with Gasteiger partial charge in [-0.25, -0.2) is 4.79 Å². The molecule has 4 rings (SSSR count). The molecule has 0 fully saturated rings. The third-order valence-electron chi connectivity index (χ3n) is 5.13.